The Hall–Kier alpha value is -0.380. The van der Waals surface area contributed by atoms with Gasteiger partial charge in [0.1, 0.15) is 0 Å². The topological polar surface area (TPSA) is 60.7 Å². The summed E-state index contributed by atoms with van der Waals surface area (Å²) in [6.45, 7) is 4.73. The lowest BCUT2D eigenvalue weighted by Gasteiger charge is -2.58. The van der Waals surface area contributed by atoms with Gasteiger partial charge in [-0.2, -0.15) is 0 Å². The van der Waals surface area contributed by atoms with Gasteiger partial charge in [0.25, 0.3) is 0 Å². The first-order valence-corrected chi connectivity index (χ1v) is 9.59. The highest BCUT2D eigenvalue weighted by atomic mass is 16.3. The average Bonchev–Trinajstić information content (AvgIpc) is 2.78. The number of fused-ring (bicyclic) bond motifs is 5. The Morgan fingerprint density at radius 3 is 2.70 bits per heavy atom. The summed E-state index contributed by atoms with van der Waals surface area (Å²) >= 11 is 0. The van der Waals surface area contributed by atoms with Gasteiger partial charge in [-0.25, -0.2) is 0 Å². The Balaban J connectivity index is 1.70. The second-order valence-electron chi connectivity index (χ2n) is 9.26. The number of rotatable bonds is 1. The monoisotopic (exact) mass is 320 g/mol. The van der Waals surface area contributed by atoms with Gasteiger partial charge in [0.05, 0.1) is 18.8 Å². The molecule has 0 saturated heterocycles. The number of allylic oxidation sites excluding steroid dienone is 1. The van der Waals surface area contributed by atoms with Crippen LogP contribution in [-0.4, -0.2) is 34.1 Å². The molecule has 3 unspecified atom stereocenters. The van der Waals surface area contributed by atoms with Gasteiger partial charge >= 0.3 is 0 Å². The Labute approximate surface area is 139 Å². The van der Waals surface area contributed by atoms with E-state index < -0.39 is 0 Å². The van der Waals surface area contributed by atoms with Crippen LogP contribution in [0.15, 0.2) is 11.6 Å². The maximum Gasteiger partial charge on any atom is 0.0622 e. The van der Waals surface area contributed by atoms with Crippen molar-refractivity contribution < 1.29 is 15.3 Å². The smallest absolute Gasteiger partial charge is 0.0622 e. The molecule has 3 fully saturated rings. The molecular weight excluding hydrogens is 288 g/mol. The van der Waals surface area contributed by atoms with Crippen LogP contribution in [0, 0.1) is 34.5 Å². The zero-order valence-electron chi connectivity index (χ0n) is 14.5. The summed E-state index contributed by atoms with van der Waals surface area (Å²) in [6.07, 6.45) is 8.88. The molecule has 4 aliphatic carbocycles. The zero-order chi connectivity index (χ0) is 16.4. The number of hydrogen-bond donors (Lipinski definition) is 3. The minimum Gasteiger partial charge on any atom is -0.395 e. The molecule has 4 rings (SSSR count). The van der Waals surface area contributed by atoms with Crippen LogP contribution in [0.3, 0.4) is 0 Å². The van der Waals surface area contributed by atoms with E-state index in [4.69, 9.17) is 0 Å². The second-order valence-corrected chi connectivity index (χ2v) is 9.26. The van der Waals surface area contributed by atoms with E-state index >= 15 is 0 Å². The van der Waals surface area contributed by atoms with E-state index in [1.165, 1.54) is 5.57 Å². The first-order valence-electron chi connectivity index (χ1n) is 9.59. The Morgan fingerprint density at radius 2 is 1.96 bits per heavy atom. The van der Waals surface area contributed by atoms with Crippen molar-refractivity contribution in [1.29, 1.82) is 0 Å². The third-order valence-corrected chi connectivity index (χ3v) is 8.36. The molecule has 0 amide bonds. The SMILES string of the molecule is C[C@@H]1CC2C3CC=C4C[C@H](O)CC[C@]4(CO)C3CC[C@]2(C)[C@H]1O. The Bertz CT molecular complexity index is 515. The van der Waals surface area contributed by atoms with Crippen molar-refractivity contribution in [2.24, 2.45) is 34.5 Å². The van der Waals surface area contributed by atoms with Crippen LogP contribution in [0.5, 0.6) is 0 Å². The lowest BCUT2D eigenvalue weighted by atomic mass is 9.47. The van der Waals surface area contributed by atoms with Crippen molar-refractivity contribution in [3.63, 3.8) is 0 Å². The first kappa shape index (κ1) is 16.1. The van der Waals surface area contributed by atoms with E-state index in [0.717, 1.165) is 44.9 Å². The molecule has 3 heteroatoms. The molecule has 0 bridgehead atoms. The van der Waals surface area contributed by atoms with Crippen LogP contribution >= 0.6 is 0 Å². The first-order chi connectivity index (χ1) is 10.9. The van der Waals surface area contributed by atoms with Crippen LogP contribution < -0.4 is 0 Å². The molecule has 0 aliphatic heterocycles. The van der Waals surface area contributed by atoms with Crippen molar-refractivity contribution in [2.75, 3.05) is 6.61 Å². The molecular formula is C20H32O3. The fourth-order valence-corrected chi connectivity index (χ4v) is 7.07. The van der Waals surface area contributed by atoms with E-state index in [1.807, 2.05) is 0 Å². The highest BCUT2D eigenvalue weighted by Crippen LogP contribution is 2.65. The van der Waals surface area contributed by atoms with Gasteiger partial charge in [-0.3, -0.25) is 0 Å². The predicted molar refractivity (Wildman–Crippen MR) is 89.7 cm³/mol. The quantitative estimate of drug-likeness (QED) is 0.651. The fraction of sp³-hybridized carbons (Fsp3) is 0.900. The van der Waals surface area contributed by atoms with Gasteiger partial charge in [0, 0.05) is 5.41 Å². The lowest BCUT2D eigenvalue weighted by molar-refractivity contribution is -0.0909. The molecule has 3 saturated carbocycles. The van der Waals surface area contributed by atoms with Gasteiger partial charge in [-0.05, 0) is 74.0 Å². The van der Waals surface area contributed by atoms with Crippen LogP contribution in [-0.2, 0) is 0 Å². The van der Waals surface area contributed by atoms with E-state index in [1.54, 1.807) is 0 Å². The molecule has 130 valence electrons. The minimum absolute atomic E-state index is 0.0662. The van der Waals surface area contributed by atoms with Crippen LogP contribution in [0.25, 0.3) is 0 Å². The third kappa shape index (κ3) is 2.06. The van der Waals surface area contributed by atoms with Gasteiger partial charge in [-0.1, -0.05) is 25.5 Å². The zero-order valence-corrected chi connectivity index (χ0v) is 14.5. The number of hydrogen-bond acceptors (Lipinski definition) is 3. The predicted octanol–water partition coefficient (Wildman–Crippen LogP) is 2.89. The largest absolute Gasteiger partial charge is 0.395 e. The fourth-order valence-electron chi connectivity index (χ4n) is 7.07. The van der Waals surface area contributed by atoms with E-state index in [9.17, 15) is 15.3 Å². The molecule has 0 aromatic heterocycles. The van der Waals surface area contributed by atoms with E-state index in [0.29, 0.717) is 23.7 Å². The summed E-state index contributed by atoms with van der Waals surface area (Å²) < 4.78 is 0. The summed E-state index contributed by atoms with van der Waals surface area (Å²) in [4.78, 5) is 0. The molecule has 23 heavy (non-hydrogen) atoms. The standard InChI is InChI=1S/C20H32O3/c1-12-9-17-15-4-3-13-10-14(22)5-8-20(13,11-21)16(15)6-7-19(17,2)18(12)23/h3,12,14-18,21-23H,4-11H2,1-2H3/t12-,14-,15?,16?,17?,18+,19+,20-/m1/s1. The number of aliphatic hydroxyl groups excluding tert-OH is 3. The average molecular weight is 320 g/mol. The molecule has 0 aromatic rings. The molecule has 0 spiro atoms. The third-order valence-electron chi connectivity index (χ3n) is 8.36. The van der Waals surface area contributed by atoms with Crippen LogP contribution in [0.1, 0.15) is 58.8 Å². The summed E-state index contributed by atoms with van der Waals surface area (Å²) in [6, 6.07) is 0. The molecule has 3 N–H and O–H groups in total. The number of aliphatic hydroxyl groups is 3. The van der Waals surface area contributed by atoms with Crippen molar-refractivity contribution in [3.05, 3.63) is 11.6 Å². The Kier molecular flexibility index (Phi) is 3.72. The van der Waals surface area contributed by atoms with Gasteiger partial charge in [-0.15, -0.1) is 0 Å². The minimum atomic E-state index is -0.223. The normalized spacial score (nSPS) is 55.6. The van der Waals surface area contributed by atoms with Crippen molar-refractivity contribution in [1.82, 2.24) is 0 Å². The molecule has 4 aliphatic rings. The maximum atomic E-state index is 10.7. The van der Waals surface area contributed by atoms with Gasteiger partial charge < -0.3 is 15.3 Å². The second kappa shape index (κ2) is 5.31. The summed E-state index contributed by atoms with van der Waals surface area (Å²) in [5, 5.41) is 31.1. The summed E-state index contributed by atoms with van der Waals surface area (Å²) in [7, 11) is 0. The van der Waals surface area contributed by atoms with Crippen molar-refractivity contribution in [3.8, 4) is 0 Å². The highest BCUT2D eigenvalue weighted by molar-refractivity contribution is 5.26. The van der Waals surface area contributed by atoms with Gasteiger partial charge in [0.2, 0.25) is 0 Å². The molecule has 8 atom stereocenters. The van der Waals surface area contributed by atoms with Crippen LogP contribution in [0.4, 0.5) is 0 Å². The van der Waals surface area contributed by atoms with Gasteiger partial charge in [0.15, 0.2) is 0 Å². The molecule has 0 aromatic carbocycles. The maximum absolute atomic E-state index is 10.7. The van der Waals surface area contributed by atoms with Crippen molar-refractivity contribution >= 4 is 0 Å². The Morgan fingerprint density at radius 1 is 1.17 bits per heavy atom. The van der Waals surface area contributed by atoms with Crippen molar-refractivity contribution in [2.45, 2.75) is 71.0 Å². The van der Waals surface area contributed by atoms with Crippen LogP contribution in [0.2, 0.25) is 0 Å². The highest BCUT2D eigenvalue weighted by Gasteiger charge is 2.60. The molecule has 3 nitrogen and oxygen atoms in total. The summed E-state index contributed by atoms with van der Waals surface area (Å²) in [5.74, 6) is 2.11. The summed E-state index contributed by atoms with van der Waals surface area (Å²) in [5.41, 5.74) is 1.31. The molecule has 0 radical (unpaired) electrons. The van der Waals surface area contributed by atoms with E-state index in [-0.39, 0.29) is 29.6 Å². The molecule has 0 heterocycles. The lowest BCUT2D eigenvalue weighted by Crippen LogP contribution is -2.53. The van der Waals surface area contributed by atoms with E-state index in [2.05, 4.69) is 19.9 Å².